The highest BCUT2D eigenvalue weighted by Crippen LogP contribution is 2.23. The minimum absolute atomic E-state index is 0.0804. The monoisotopic (exact) mass is 390 g/mol. The Morgan fingerprint density at radius 3 is 2.45 bits per heavy atom. The van der Waals surface area contributed by atoms with Gasteiger partial charge in [0.15, 0.2) is 0 Å². The first-order valence-electron chi connectivity index (χ1n) is 9.12. The molecule has 0 spiro atoms. The number of nitrogens with one attached hydrogen (secondary N) is 2. The van der Waals surface area contributed by atoms with Crippen molar-refractivity contribution in [3.05, 3.63) is 71.5 Å². The topological polar surface area (TPSA) is 93.2 Å². The number of carbonyl (C=O) groups is 2. The van der Waals surface area contributed by atoms with Crippen molar-refractivity contribution in [3.8, 4) is 11.6 Å². The molecule has 0 unspecified atom stereocenters. The molecule has 0 bridgehead atoms. The SMILES string of the molecule is CC(=O)Nc1cc(Oc2ccc(NC(=O)Cc3cc(C)ccc3C)cc2)ncn1. The fourth-order valence-corrected chi connectivity index (χ4v) is 2.74. The number of amides is 2. The van der Waals surface area contributed by atoms with Crippen molar-refractivity contribution in [1.82, 2.24) is 9.97 Å². The second kappa shape index (κ2) is 8.97. The quantitative estimate of drug-likeness (QED) is 0.663. The maximum absolute atomic E-state index is 12.4. The highest BCUT2D eigenvalue weighted by atomic mass is 16.5. The lowest BCUT2D eigenvalue weighted by molar-refractivity contribution is -0.116. The van der Waals surface area contributed by atoms with E-state index < -0.39 is 0 Å². The number of carbonyl (C=O) groups excluding carboxylic acids is 2. The van der Waals surface area contributed by atoms with Crippen LogP contribution in [-0.2, 0) is 16.0 Å². The van der Waals surface area contributed by atoms with E-state index in [1.807, 2.05) is 32.0 Å². The highest BCUT2D eigenvalue weighted by Gasteiger charge is 2.08. The second-order valence-corrected chi connectivity index (χ2v) is 6.70. The van der Waals surface area contributed by atoms with Gasteiger partial charge in [0.25, 0.3) is 0 Å². The minimum atomic E-state index is -0.226. The van der Waals surface area contributed by atoms with Gasteiger partial charge in [-0.05, 0) is 49.2 Å². The van der Waals surface area contributed by atoms with Gasteiger partial charge in [-0.1, -0.05) is 23.8 Å². The molecule has 1 heterocycles. The van der Waals surface area contributed by atoms with Crippen LogP contribution in [0, 0.1) is 13.8 Å². The van der Waals surface area contributed by atoms with Crippen molar-refractivity contribution in [1.29, 1.82) is 0 Å². The Bertz CT molecular complexity index is 1030. The molecule has 2 aromatic carbocycles. The lowest BCUT2D eigenvalue weighted by atomic mass is 10.0. The number of rotatable bonds is 6. The summed E-state index contributed by atoms with van der Waals surface area (Å²) in [6.07, 6.45) is 1.63. The van der Waals surface area contributed by atoms with Crippen LogP contribution < -0.4 is 15.4 Å². The normalized spacial score (nSPS) is 10.3. The molecule has 7 nitrogen and oxygen atoms in total. The molecule has 1 aromatic heterocycles. The molecule has 0 radical (unpaired) electrons. The van der Waals surface area contributed by atoms with Crippen molar-refractivity contribution in [3.63, 3.8) is 0 Å². The summed E-state index contributed by atoms with van der Waals surface area (Å²) in [4.78, 5) is 31.4. The number of ether oxygens (including phenoxy) is 1. The van der Waals surface area contributed by atoms with Gasteiger partial charge in [-0.2, -0.15) is 0 Å². The number of nitrogens with zero attached hydrogens (tertiary/aromatic N) is 2. The van der Waals surface area contributed by atoms with E-state index in [0.717, 1.165) is 16.7 Å². The average molecular weight is 390 g/mol. The molecule has 0 atom stereocenters. The van der Waals surface area contributed by atoms with Gasteiger partial charge in [-0.25, -0.2) is 9.97 Å². The van der Waals surface area contributed by atoms with Gasteiger partial charge in [0.1, 0.15) is 17.9 Å². The van der Waals surface area contributed by atoms with E-state index in [0.29, 0.717) is 29.6 Å². The third-order valence-electron chi connectivity index (χ3n) is 4.16. The Morgan fingerprint density at radius 1 is 0.966 bits per heavy atom. The van der Waals surface area contributed by atoms with Gasteiger partial charge in [0.2, 0.25) is 17.7 Å². The molecule has 3 aromatic rings. The summed E-state index contributed by atoms with van der Waals surface area (Å²) >= 11 is 0. The van der Waals surface area contributed by atoms with Gasteiger partial charge in [0.05, 0.1) is 6.42 Å². The Hall–Kier alpha value is -3.74. The smallest absolute Gasteiger partial charge is 0.228 e. The lowest BCUT2D eigenvalue weighted by Gasteiger charge is -2.10. The largest absolute Gasteiger partial charge is 0.439 e. The van der Waals surface area contributed by atoms with Crippen molar-refractivity contribution in [2.75, 3.05) is 10.6 Å². The van der Waals surface area contributed by atoms with Crippen molar-refractivity contribution in [2.45, 2.75) is 27.2 Å². The number of aromatic nitrogens is 2. The molecule has 0 saturated heterocycles. The first kappa shape index (κ1) is 20.0. The number of anilines is 2. The molecule has 2 N–H and O–H groups in total. The van der Waals surface area contributed by atoms with E-state index >= 15 is 0 Å². The predicted molar refractivity (Wildman–Crippen MR) is 111 cm³/mol. The first-order chi connectivity index (χ1) is 13.9. The molecule has 0 saturated carbocycles. The second-order valence-electron chi connectivity index (χ2n) is 6.70. The summed E-state index contributed by atoms with van der Waals surface area (Å²) in [6, 6.07) is 14.6. The van der Waals surface area contributed by atoms with Crippen LogP contribution in [-0.4, -0.2) is 21.8 Å². The lowest BCUT2D eigenvalue weighted by Crippen LogP contribution is -2.15. The van der Waals surface area contributed by atoms with E-state index in [1.165, 1.54) is 19.3 Å². The molecule has 3 rings (SSSR count). The number of hydrogen-bond donors (Lipinski definition) is 2. The average Bonchev–Trinajstić information content (AvgIpc) is 2.66. The van der Waals surface area contributed by atoms with E-state index in [9.17, 15) is 9.59 Å². The summed E-state index contributed by atoms with van der Waals surface area (Å²) in [7, 11) is 0. The molecular weight excluding hydrogens is 368 g/mol. The zero-order chi connectivity index (χ0) is 20.8. The predicted octanol–water partition coefficient (Wildman–Crippen LogP) is 4.03. The Balaban J connectivity index is 1.61. The fraction of sp³-hybridized carbons (Fsp3) is 0.182. The maximum atomic E-state index is 12.4. The molecule has 0 aliphatic heterocycles. The summed E-state index contributed by atoms with van der Waals surface area (Å²) in [5.74, 6) is 0.900. The van der Waals surface area contributed by atoms with Crippen LogP contribution in [0.5, 0.6) is 11.6 Å². The van der Waals surface area contributed by atoms with Gasteiger partial charge in [-0.3, -0.25) is 9.59 Å². The summed E-state index contributed by atoms with van der Waals surface area (Å²) in [5, 5.41) is 5.46. The van der Waals surface area contributed by atoms with Gasteiger partial charge in [-0.15, -0.1) is 0 Å². The third kappa shape index (κ3) is 5.87. The molecule has 0 aliphatic carbocycles. The van der Waals surface area contributed by atoms with Crippen molar-refractivity contribution in [2.24, 2.45) is 0 Å². The van der Waals surface area contributed by atoms with Gasteiger partial charge >= 0.3 is 0 Å². The van der Waals surface area contributed by atoms with Crippen LogP contribution in [0.15, 0.2) is 54.9 Å². The molecule has 0 aliphatic rings. The van der Waals surface area contributed by atoms with E-state index in [-0.39, 0.29) is 11.8 Å². The van der Waals surface area contributed by atoms with Crippen molar-refractivity contribution >= 4 is 23.3 Å². The standard InChI is InChI=1S/C22H22N4O3/c1-14-4-5-15(2)17(10-14)11-21(28)26-18-6-8-19(9-7-18)29-22-12-20(23-13-24-22)25-16(3)27/h4-10,12-13H,11H2,1-3H3,(H,26,28)(H,23,24,25,27). The zero-order valence-corrected chi connectivity index (χ0v) is 16.5. The van der Waals surface area contributed by atoms with Crippen LogP contribution in [0.2, 0.25) is 0 Å². The number of aryl methyl sites for hydroxylation is 2. The molecule has 0 fully saturated rings. The molecule has 29 heavy (non-hydrogen) atoms. The van der Waals surface area contributed by atoms with E-state index in [2.05, 4.69) is 20.6 Å². The molecule has 148 valence electrons. The Morgan fingerprint density at radius 2 is 1.72 bits per heavy atom. The third-order valence-corrected chi connectivity index (χ3v) is 4.16. The first-order valence-corrected chi connectivity index (χ1v) is 9.12. The number of hydrogen-bond acceptors (Lipinski definition) is 5. The van der Waals surface area contributed by atoms with Crippen LogP contribution in [0.3, 0.4) is 0 Å². The van der Waals surface area contributed by atoms with Crippen LogP contribution >= 0.6 is 0 Å². The minimum Gasteiger partial charge on any atom is -0.439 e. The highest BCUT2D eigenvalue weighted by molar-refractivity contribution is 5.92. The molecular formula is C22H22N4O3. The van der Waals surface area contributed by atoms with Crippen molar-refractivity contribution < 1.29 is 14.3 Å². The van der Waals surface area contributed by atoms with E-state index in [4.69, 9.17) is 4.74 Å². The molecule has 2 amide bonds. The van der Waals surface area contributed by atoms with E-state index in [1.54, 1.807) is 24.3 Å². The fourth-order valence-electron chi connectivity index (χ4n) is 2.74. The van der Waals surface area contributed by atoms with Crippen LogP contribution in [0.25, 0.3) is 0 Å². The number of benzene rings is 2. The molecule has 7 heteroatoms. The Labute approximate surface area is 169 Å². The zero-order valence-electron chi connectivity index (χ0n) is 16.5. The van der Waals surface area contributed by atoms with Crippen LogP contribution in [0.4, 0.5) is 11.5 Å². The summed E-state index contributed by atoms with van der Waals surface area (Å²) < 4.78 is 5.67. The Kier molecular flexibility index (Phi) is 6.19. The maximum Gasteiger partial charge on any atom is 0.228 e. The summed E-state index contributed by atoms with van der Waals surface area (Å²) in [6.45, 7) is 5.41. The van der Waals surface area contributed by atoms with Gasteiger partial charge in [0, 0.05) is 18.7 Å². The van der Waals surface area contributed by atoms with Crippen LogP contribution in [0.1, 0.15) is 23.6 Å². The summed E-state index contributed by atoms with van der Waals surface area (Å²) in [5.41, 5.74) is 3.92. The van der Waals surface area contributed by atoms with Gasteiger partial charge < -0.3 is 15.4 Å².